The number of fused-ring (bicyclic) bond motifs is 1. The molecule has 1 aliphatic heterocycles. The Labute approximate surface area is 112 Å². The largest absolute Gasteiger partial charge is 0.476 e. The van der Waals surface area contributed by atoms with E-state index in [0.29, 0.717) is 29.2 Å². The lowest BCUT2D eigenvalue weighted by atomic mass is 10.1. The Morgan fingerprint density at radius 1 is 1.47 bits per heavy atom. The number of carbonyl (C=O) groups excluding carboxylic acids is 1. The highest BCUT2D eigenvalue weighted by Gasteiger charge is 2.30. The van der Waals surface area contributed by atoms with Crippen LogP contribution < -0.4 is 0 Å². The molecule has 0 bridgehead atoms. The van der Waals surface area contributed by atoms with Gasteiger partial charge in [-0.05, 0) is 11.4 Å². The van der Waals surface area contributed by atoms with Crippen LogP contribution in [0.25, 0.3) is 0 Å². The summed E-state index contributed by atoms with van der Waals surface area (Å²) in [4.78, 5) is 25.5. The molecule has 98 valence electrons. The van der Waals surface area contributed by atoms with Gasteiger partial charge in [0, 0.05) is 18.5 Å². The van der Waals surface area contributed by atoms with E-state index in [1.54, 1.807) is 11.0 Å². The summed E-state index contributed by atoms with van der Waals surface area (Å²) in [6.07, 6.45) is 0.493. The van der Waals surface area contributed by atoms with Crippen LogP contribution in [-0.2, 0) is 13.0 Å². The van der Waals surface area contributed by atoms with Gasteiger partial charge >= 0.3 is 5.97 Å². The number of carbonyl (C=O) groups is 2. The van der Waals surface area contributed by atoms with Crippen LogP contribution in [0.2, 0.25) is 0 Å². The van der Waals surface area contributed by atoms with E-state index in [1.165, 1.54) is 11.3 Å². The number of thiophene rings is 1. The number of nitrogens with zero attached hydrogens (tertiary/aromatic N) is 2. The fourth-order valence-corrected chi connectivity index (χ4v) is 2.80. The van der Waals surface area contributed by atoms with E-state index in [0.717, 1.165) is 0 Å². The van der Waals surface area contributed by atoms with E-state index in [4.69, 9.17) is 9.63 Å². The SMILES string of the molecule is O=C(O)c1noc2c1CN(C(=O)c1cccs1)CC2. The smallest absolute Gasteiger partial charge is 0.358 e. The second kappa shape index (κ2) is 4.51. The first-order valence-electron chi connectivity index (χ1n) is 5.70. The van der Waals surface area contributed by atoms with E-state index in [9.17, 15) is 9.59 Å². The normalized spacial score (nSPS) is 14.2. The van der Waals surface area contributed by atoms with Gasteiger partial charge < -0.3 is 14.5 Å². The molecule has 1 aliphatic rings. The molecule has 0 saturated carbocycles. The maximum atomic E-state index is 12.2. The minimum absolute atomic E-state index is 0.0850. The molecule has 3 rings (SSSR count). The monoisotopic (exact) mass is 278 g/mol. The second-order valence-electron chi connectivity index (χ2n) is 4.19. The summed E-state index contributed by atoms with van der Waals surface area (Å²) in [6, 6.07) is 3.57. The molecule has 0 saturated heterocycles. The maximum Gasteiger partial charge on any atom is 0.358 e. The van der Waals surface area contributed by atoms with Gasteiger partial charge in [-0.3, -0.25) is 4.79 Å². The minimum atomic E-state index is -1.13. The first-order chi connectivity index (χ1) is 9.16. The molecule has 1 N–H and O–H groups in total. The predicted molar refractivity (Wildman–Crippen MR) is 66.2 cm³/mol. The molecule has 1 amide bonds. The van der Waals surface area contributed by atoms with Crippen LogP contribution >= 0.6 is 11.3 Å². The summed E-state index contributed by atoms with van der Waals surface area (Å²) < 4.78 is 5.00. The molecule has 0 fully saturated rings. The Morgan fingerprint density at radius 2 is 2.32 bits per heavy atom. The fourth-order valence-electron chi connectivity index (χ4n) is 2.11. The molecule has 0 spiro atoms. The molecule has 2 aromatic heterocycles. The number of aromatic nitrogens is 1. The van der Waals surface area contributed by atoms with Crippen LogP contribution in [0.15, 0.2) is 22.0 Å². The highest BCUT2D eigenvalue weighted by molar-refractivity contribution is 7.12. The lowest BCUT2D eigenvalue weighted by molar-refractivity contribution is 0.0674. The van der Waals surface area contributed by atoms with Crippen molar-refractivity contribution in [3.63, 3.8) is 0 Å². The second-order valence-corrected chi connectivity index (χ2v) is 5.14. The number of aromatic carboxylic acids is 1. The number of carboxylic acids is 1. The molecule has 7 heteroatoms. The van der Waals surface area contributed by atoms with Crippen molar-refractivity contribution in [1.29, 1.82) is 0 Å². The average molecular weight is 278 g/mol. The zero-order chi connectivity index (χ0) is 13.4. The molecule has 0 unspecified atom stereocenters. The van der Waals surface area contributed by atoms with Gasteiger partial charge in [0.15, 0.2) is 5.69 Å². The summed E-state index contributed by atoms with van der Waals surface area (Å²) >= 11 is 1.37. The quantitative estimate of drug-likeness (QED) is 0.902. The summed E-state index contributed by atoms with van der Waals surface area (Å²) in [6.45, 7) is 0.745. The molecule has 19 heavy (non-hydrogen) atoms. The lowest BCUT2D eigenvalue weighted by Gasteiger charge is -2.25. The molecule has 0 aromatic carbocycles. The molecule has 2 aromatic rings. The summed E-state index contributed by atoms with van der Waals surface area (Å²) in [5.41, 5.74) is 0.405. The molecule has 0 radical (unpaired) electrons. The van der Waals surface area contributed by atoms with Crippen LogP contribution in [0.4, 0.5) is 0 Å². The van der Waals surface area contributed by atoms with Gasteiger partial charge in [-0.15, -0.1) is 11.3 Å². The van der Waals surface area contributed by atoms with Crippen molar-refractivity contribution < 1.29 is 19.2 Å². The Hall–Kier alpha value is -2.15. The van der Waals surface area contributed by atoms with Gasteiger partial charge in [-0.2, -0.15) is 0 Å². The van der Waals surface area contributed by atoms with Crippen LogP contribution in [-0.4, -0.2) is 33.6 Å². The standard InChI is InChI=1S/C12H10N2O4S/c15-11(9-2-1-5-19-9)14-4-3-8-7(6-14)10(12(16)17)13-18-8/h1-2,5H,3-4,6H2,(H,16,17). The van der Waals surface area contributed by atoms with Crippen LogP contribution in [0.1, 0.15) is 31.5 Å². The highest BCUT2D eigenvalue weighted by atomic mass is 32.1. The van der Waals surface area contributed by atoms with Crippen molar-refractivity contribution >= 4 is 23.2 Å². The van der Waals surface area contributed by atoms with E-state index < -0.39 is 5.97 Å². The van der Waals surface area contributed by atoms with Gasteiger partial charge in [0.25, 0.3) is 5.91 Å². The number of hydrogen-bond donors (Lipinski definition) is 1. The highest BCUT2D eigenvalue weighted by Crippen LogP contribution is 2.24. The number of carboxylic acid groups (broad SMARTS) is 1. The van der Waals surface area contributed by atoms with E-state index in [1.807, 2.05) is 11.4 Å². The summed E-state index contributed by atoms with van der Waals surface area (Å²) in [7, 11) is 0. The Bertz CT molecular complexity index is 632. The van der Waals surface area contributed by atoms with Crippen molar-refractivity contribution in [2.75, 3.05) is 6.54 Å². The van der Waals surface area contributed by atoms with Crippen molar-refractivity contribution in [2.45, 2.75) is 13.0 Å². The van der Waals surface area contributed by atoms with Gasteiger partial charge in [0.2, 0.25) is 0 Å². The fraction of sp³-hybridized carbons (Fsp3) is 0.250. The first-order valence-corrected chi connectivity index (χ1v) is 6.58. The Kier molecular flexibility index (Phi) is 2.83. The predicted octanol–water partition coefficient (Wildman–Crippen LogP) is 1.63. The van der Waals surface area contributed by atoms with Gasteiger partial charge in [-0.25, -0.2) is 4.79 Å². The van der Waals surface area contributed by atoms with Crippen LogP contribution in [0, 0.1) is 0 Å². The Morgan fingerprint density at radius 3 is 3.00 bits per heavy atom. The maximum absolute atomic E-state index is 12.2. The summed E-state index contributed by atoms with van der Waals surface area (Å²) in [5, 5.41) is 14.4. The van der Waals surface area contributed by atoms with Crippen molar-refractivity contribution in [3.8, 4) is 0 Å². The van der Waals surface area contributed by atoms with Gasteiger partial charge in [0.05, 0.1) is 11.4 Å². The molecule has 6 nitrogen and oxygen atoms in total. The number of rotatable bonds is 2. The van der Waals surface area contributed by atoms with Crippen LogP contribution in [0.5, 0.6) is 0 Å². The van der Waals surface area contributed by atoms with Crippen molar-refractivity contribution in [2.24, 2.45) is 0 Å². The summed E-state index contributed by atoms with van der Waals surface area (Å²) in [5.74, 6) is -0.652. The average Bonchev–Trinajstić information content (AvgIpc) is 3.06. The molecular formula is C12H10N2O4S. The third kappa shape index (κ3) is 2.01. The topological polar surface area (TPSA) is 83.6 Å². The number of hydrogen-bond acceptors (Lipinski definition) is 5. The lowest BCUT2D eigenvalue weighted by Crippen LogP contribution is -2.35. The molecular weight excluding hydrogens is 268 g/mol. The molecule has 0 atom stereocenters. The van der Waals surface area contributed by atoms with Gasteiger partial charge in [0.1, 0.15) is 5.76 Å². The zero-order valence-corrected chi connectivity index (χ0v) is 10.6. The van der Waals surface area contributed by atoms with Crippen molar-refractivity contribution in [1.82, 2.24) is 10.1 Å². The van der Waals surface area contributed by atoms with E-state index in [-0.39, 0.29) is 18.1 Å². The minimum Gasteiger partial charge on any atom is -0.476 e. The molecule has 3 heterocycles. The van der Waals surface area contributed by atoms with Gasteiger partial charge in [-0.1, -0.05) is 11.2 Å². The molecule has 0 aliphatic carbocycles. The van der Waals surface area contributed by atoms with Crippen molar-refractivity contribution in [3.05, 3.63) is 39.4 Å². The van der Waals surface area contributed by atoms with Crippen LogP contribution in [0.3, 0.4) is 0 Å². The number of amides is 1. The third-order valence-corrected chi connectivity index (χ3v) is 3.91. The third-order valence-electron chi connectivity index (χ3n) is 3.05. The van der Waals surface area contributed by atoms with E-state index >= 15 is 0 Å². The zero-order valence-electron chi connectivity index (χ0n) is 9.83. The van der Waals surface area contributed by atoms with E-state index in [2.05, 4.69) is 5.16 Å². The Balaban J connectivity index is 1.87. The first kappa shape index (κ1) is 11.9.